The van der Waals surface area contributed by atoms with Gasteiger partial charge in [0.05, 0.1) is 10.9 Å². The number of aromatic nitrogens is 2. The molecule has 3 aromatic rings. The van der Waals surface area contributed by atoms with Gasteiger partial charge in [-0.15, -0.1) is 11.3 Å². The van der Waals surface area contributed by atoms with Crippen LogP contribution in [-0.2, 0) is 12.8 Å². The minimum absolute atomic E-state index is 0.0429. The molecular weight excluding hydrogens is 382 g/mol. The molecule has 6 heteroatoms. The summed E-state index contributed by atoms with van der Waals surface area (Å²) in [4.78, 5) is 33.3. The van der Waals surface area contributed by atoms with Gasteiger partial charge in [-0.25, -0.2) is 4.98 Å². The number of rotatable bonds is 2. The van der Waals surface area contributed by atoms with Gasteiger partial charge in [0.2, 0.25) is 0 Å². The van der Waals surface area contributed by atoms with E-state index in [1.165, 1.54) is 23.3 Å². The Morgan fingerprint density at radius 2 is 2.03 bits per heavy atom. The Balaban J connectivity index is 1.59. The molecule has 1 N–H and O–H groups in total. The van der Waals surface area contributed by atoms with Crippen LogP contribution in [0.4, 0.5) is 0 Å². The van der Waals surface area contributed by atoms with Crippen LogP contribution in [-0.4, -0.2) is 21.3 Å². The molecule has 2 aliphatic rings. The van der Waals surface area contributed by atoms with Crippen molar-refractivity contribution in [1.29, 1.82) is 0 Å². The van der Waals surface area contributed by atoms with Crippen LogP contribution in [0.15, 0.2) is 23.1 Å². The van der Waals surface area contributed by atoms with E-state index >= 15 is 0 Å². The predicted molar refractivity (Wildman–Crippen MR) is 117 cm³/mol. The smallest absolute Gasteiger partial charge is 0.266 e. The lowest BCUT2D eigenvalue weighted by molar-refractivity contribution is 0.0892. The molecule has 3 aromatic heterocycles. The van der Waals surface area contributed by atoms with Crippen molar-refractivity contribution >= 4 is 33.1 Å². The van der Waals surface area contributed by atoms with Crippen molar-refractivity contribution < 1.29 is 4.79 Å². The fourth-order valence-corrected chi connectivity index (χ4v) is 6.31. The van der Waals surface area contributed by atoms with Crippen molar-refractivity contribution in [2.24, 2.45) is 11.8 Å². The van der Waals surface area contributed by atoms with E-state index in [0.29, 0.717) is 23.0 Å². The number of hydrogen-bond donors (Lipinski definition) is 1. The molecule has 29 heavy (non-hydrogen) atoms. The first-order chi connectivity index (χ1) is 14.0. The lowest BCUT2D eigenvalue weighted by atomic mass is 9.78. The zero-order valence-electron chi connectivity index (χ0n) is 17.0. The van der Waals surface area contributed by atoms with Crippen LogP contribution < -0.4 is 10.9 Å². The van der Waals surface area contributed by atoms with E-state index in [1.54, 1.807) is 34.1 Å². The van der Waals surface area contributed by atoms with Gasteiger partial charge < -0.3 is 5.32 Å². The molecule has 152 valence electrons. The summed E-state index contributed by atoms with van der Waals surface area (Å²) >= 11 is 1.63. The molecule has 3 heterocycles. The molecule has 0 unspecified atom stereocenters. The van der Waals surface area contributed by atoms with Crippen LogP contribution in [0.25, 0.3) is 15.9 Å². The highest BCUT2D eigenvalue weighted by molar-refractivity contribution is 7.18. The highest BCUT2D eigenvalue weighted by Gasteiger charge is 2.29. The normalized spacial score (nSPS) is 24.6. The molecule has 0 saturated heterocycles. The molecule has 5 rings (SSSR count). The van der Waals surface area contributed by atoms with Crippen molar-refractivity contribution in [3.63, 3.8) is 0 Å². The van der Waals surface area contributed by atoms with Crippen LogP contribution in [0, 0.1) is 11.8 Å². The van der Waals surface area contributed by atoms with Gasteiger partial charge in [0.1, 0.15) is 4.83 Å². The number of aryl methyl sites for hydroxylation is 2. The Kier molecular flexibility index (Phi) is 4.69. The summed E-state index contributed by atoms with van der Waals surface area (Å²) in [6, 6.07) is 3.74. The fourth-order valence-electron chi connectivity index (χ4n) is 5.05. The average Bonchev–Trinajstić information content (AvgIpc) is 3.10. The summed E-state index contributed by atoms with van der Waals surface area (Å²) in [7, 11) is 0. The lowest BCUT2D eigenvalue weighted by Gasteiger charge is -2.34. The Labute approximate surface area is 174 Å². The van der Waals surface area contributed by atoms with Gasteiger partial charge in [-0.3, -0.25) is 14.0 Å². The molecule has 0 radical (unpaired) electrons. The SMILES string of the molecule is C[C@@H]1[C@H](C)CCC[C@@H]1NC(=O)c1cccn2c(=O)c3c4c(sc3nc12)CCCC4. The summed E-state index contributed by atoms with van der Waals surface area (Å²) in [6.45, 7) is 4.48. The average molecular weight is 410 g/mol. The molecule has 0 bridgehead atoms. The maximum Gasteiger partial charge on any atom is 0.266 e. The van der Waals surface area contributed by atoms with E-state index in [-0.39, 0.29) is 17.5 Å². The summed E-state index contributed by atoms with van der Waals surface area (Å²) in [6.07, 6.45) is 9.40. The third-order valence-electron chi connectivity index (χ3n) is 7.03. The number of carbonyl (C=O) groups is 1. The van der Waals surface area contributed by atoms with Crippen molar-refractivity contribution in [2.45, 2.75) is 64.8 Å². The van der Waals surface area contributed by atoms with E-state index in [4.69, 9.17) is 4.98 Å². The Bertz CT molecular complexity index is 1160. The van der Waals surface area contributed by atoms with Gasteiger partial charge in [-0.2, -0.15) is 0 Å². The number of thiophene rings is 1. The quantitative estimate of drug-likeness (QED) is 0.685. The number of carbonyl (C=O) groups excluding carboxylic acids is 1. The number of hydrogen-bond acceptors (Lipinski definition) is 4. The van der Waals surface area contributed by atoms with E-state index < -0.39 is 0 Å². The number of amides is 1. The van der Waals surface area contributed by atoms with Crippen molar-refractivity contribution in [3.8, 4) is 0 Å². The predicted octanol–water partition coefficient (Wildman–Crippen LogP) is 4.34. The number of nitrogens with zero attached hydrogens (tertiary/aromatic N) is 2. The molecule has 3 atom stereocenters. The van der Waals surface area contributed by atoms with E-state index in [0.717, 1.165) is 42.3 Å². The summed E-state index contributed by atoms with van der Waals surface area (Å²) in [5.41, 5.74) is 2.10. The molecule has 1 fully saturated rings. The summed E-state index contributed by atoms with van der Waals surface area (Å²) < 4.78 is 1.56. The van der Waals surface area contributed by atoms with Gasteiger partial charge >= 0.3 is 0 Å². The zero-order valence-corrected chi connectivity index (χ0v) is 17.8. The second-order valence-corrected chi connectivity index (χ2v) is 9.85. The second-order valence-electron chi connectivity index (χ2n) is 8.77. The molecule has 1 saturated carbocycles. The van der Waals surface area contributed by atoms with Gasteiger partial charge in [0.15, 0.2) is 5.65 Å². The van der Waals surface area contributed by atoms with Crippen molar-refractivity contribution in [3.05, 3.63) is 44.7 Å². The maximum absolute atomic E-state index is 13.3. The number of fused-ring (bicyclic) bond motifs is 4. The van der Waals surface area contributed by atoms with Gasteiger partial charge in [-0.1, -0.05) is 26.7 Å². The molecular formula is C23H27N3O2S. The van der Waals surface area contributed by atoms with Gasteiger partial charge in [0, 0.05) is 17.1 Å². The van der Waals surface area contributed by atoms with Gasteiger partial charge in [0.25, 0.3) is 11.5 Å². The van der Waals surface area contributed by atoms with Crippen LogP contribution in [0.1, 0.15) is 66.8 Å². The van der Waals surface area contributed by atoms with Gasteiger partial charge in [-0.05, 0) is 61.6 Å². The van der Waals surface area contributed by atoms with Crippen LogP contribution in [0.5, 0.6) is 0 Å². The van der Waals surface area contributed by atoms with E-state index in [9.17, 15) is 9.59 Å². The third kappa shape index (κ3) is 3.08. The Morgan fingerprint density at radius 1 is 1.21 bits per heavy atom. The molecule has 0 aliphatic heterocycles. The number of nitrogens with one attached hydrogen (secondary N) is 1. The van der Waals surface area contributed by atoms with Crippen molar-refractivity contribution in [1.82, 2.24) is 14.7 Å². The largest absolute Gasteiger partial charge is 0.349 e. The highest BCUT2D eigenvalue weighted by atomic mass is 32.1. The molecule has 5 nitrogen and oxygen atoms in total. The van der Waals surface area contributed by atoms with Crippen LogP contribution in [0.2, 0.25) is 0 Å². The highest BCUT2D eigenvalue weighted by Crippen LogP contribution is 2.34. The fraction of sp³-hybridized carbons (Fsp3) is 0.522. The maximum atomic E-state index is 13.3. The monoisotopic (exact) mass is 409 g/mol. The standard InChI is InChI=1S/C23H27N3O2S/c1-13-7-5-10-17(14(13)2)24-21(27)16-9-6-12-26-20(16)25-22-19(23(26)28)15-8-3-4-11-18(15)29-22/h6,9,12-14,17H,3-5,7-8,10-11H2,1-2H3,(H,24,27)/t13-,14-,17+/m1/s1. The van der Waals surface area contributed by atoms with E-state index in [2.05, 4.69) is 19.2 Å². The summed E-state index contributed by atoms with van der Waals surface area (Å²) in [5.74, 6) is 0.940. The third-order valence-corrected chi connectivity index (χ3v) is 8.21. The molecule has 1 amide bonds. The molecule has 0 spiro atoms. The minimum Gasteiger partial charge on any atom is -0.349 e. The first kappa shape index (κ1) is 18.8. The molecule has 0 aromatic carbocycles. The number of pyridine rings is 1. The van der Waals surface area contributed by atoms with E-state index in [1.807, 2.05) is 0 Å². The first-order valence-corrected chi connectivity index (χ1v) is 11.6. The summed E-state index contributed by atoms with van der Waals surface area (Å²) in [5, 5.41) is 3.99. The Hall–Kier alpha value is -2.21. The Morgan fingerprint density at radius 3 is 2.90 bits per heavy atom. The second kappa shape index (κ2) is 7.24. The topological polar surface area (TPSA) is 63.5 Å². The first-order valence-electron chi connectivity index (χ1n) is 10.8. The zero-order chi connectivity index (χ0) is 20.1. The molecule has 2 aliphatic carbocycles. The lowest BCUT2D eigenvalue weighted by Crippen LogP contribution is -2.43. The minimum atomic E-state index is -0.124. The van der Waals surface area contributed by atoms with Crippen molar-refractivity contribution in [2.75, 3.05) is 0 Å². The van der Waals surface area contributed by atoms with Crippen LogP contribution in [0.3, 0.4) is 0 Å². The van der Waals surface area contributed by atoms with Crippen LogP contribution >= 0.6 is 11.3 Å².